The van der Waals surface area contributed by atoms with Crippen molar-refractivity contribution in [2.24, 2.45) is 0 Å². The quantitative estimate of drug-likeness (QED) is 0.918. The Morgan fingerprint density at radius 3 is 2.82 bits per heavy atom. The predicted molar refractivity (Wildman–Crippen MR) is 80.2 cm³/mol. The largest absolute Gasteiger partial charge is 0.445 e. The van der Waals surface area contributed by atoms with Crippen molar-refractivity contribution in [3.05, 3.63) is 48.5 Å². The summed E-state index contributed by atoms with van der Waals surface area (Å²) in [4.78, 5) is 25.9. The van der Waals surface area contributed by atoms with Crippen LogP contribution in [0.25, 0.3) is 0 Å². The number of rotatable bonds is 4. The van der Waals surface area contributed by atoms with Gasteiger partial charge in [0.25, 0.3) is 0 Å². The molecule has 2 heterocycles. The molecule has 0 saturated carbocycles. The third-order valence-electron chi connectivity index (χ3n) is 3.49. The summed E-state index contributed by atoms with van der Waals surface area (Å²) in [6.45, 7) is 1.74. The Balaban J connectivity index is 1.45. The van der Waals surface area contributed by atoms with Gasteiger partial charge < -0.3 is 15.0 Å². The minimum Gasteiger partial charge on any atom is -0.445 e. The first-order valence-electron chi connectivity index (χ1n) is 7.15. The fraction of sp³-hybridized carbons (Fsp3) is 0.333. The van der Waals surface area contributed by atoms with Crippen LogP contribution in [0.3, 0.4) is 0 Å². The third kappa shape index (κ3) is 3.69. The summed E-state index contributed by atoms with van der Waals surface area (Å²) in [5.41, 5.74) is 0.968. The fourth-order valence-electron chi connectivity index (χ4n) is 2.39. The Kier molecular flexibility index (Phi) is 4.43. The molecule has 22 heavy (non-hydrogen) atoms. The van der Waals surface area contributed by atoms with Crippen molar-refractivity contribution >= 4 is 12.0 Å². The summed E-state index contributed by atoms with van der Waals surface area (Å²) in [5.74, 6) is 0.636. The molecule has 0 unspecified atom stereocenters. The molecule has 1 amide bonds. The molecule has 7 heteroatoms. The maximum absolute atomic E-state index is 11.8. The summed E-state index contributed by atoms with van der Waals surface area (Å²) >= 11 is 0. The molecule has 1 aliphatic rings. The van der Waals surface area contributed by atoms with Gasteiger partial charge in [-0.1, -0.05) is 30.3 Å². The zero-order chi connectivity index (χ0) is 15.2. The number of ether oxygens (including phenoxy) is 1. The van der Waals surface area contributed by atoms with Gasteiger partial charge >= 0.3 is 6.09 Å². The Bertz CT molecular complexity index is 608. The van der Waals surface area contributed by atoms with Crippen LogP contribution in [-0.4, -0.2) is 40.2 Å². The van der Waals surface area contributed by atoms with Gasteiger partial charge in [-0.3, -0.25) is 0 Å². The van der Waals surface area contributed by atoms with Crippen LogP contribution in [0.5, 0.6) is 0 Å². The van der Waals surface area contributed by atoms with Gasteiger partial charge in [-0.25, -0.2) is 19.7 Å². The number of alkyl carbamates (subject to hydrolysis) is 1. The Morgan fingerprint density at radius 1 is 1.27 bits per heavy atom. The van der Waals surface area contributed by atoms with Crippen LogP contribution in [0.2, 0.25) is 0 Å². The molecule has 1 saturated heterocycles. The van der Waals surface area contributed by atoms with Crippen molar-refractivity contribution in [2.45, 2.75) is 19.1 Å². The Labute approximate surface area is 128 Å². The highest BCUT2D eigenvalue weighted by molar-refractivity contribution is 5.67. The van der Waals surface area contributed by atoms with Crippen molar-refractivity contribution < 1.29 is 9.53 Å². The highest BCUT2D eigenvalue weighted by Gasteiger charge is 2.25. The topological polar surface area (TPSA) is 80.2 Å². The zero-order valence-electron chi connectivity index (χ0n) is 12.1. The molecule has 1 fully saturated rings. The highest BCUT2D eigenvalue weighted by atomic mass is 16.5. The van der Waals surface area contributed by atoms with E-state index in [0.717, 1.165) is 18.5 Å². The molecule has 0 radical (unpaired) electrons. The molecule has 2 aromatic rings. The molecule has 0 aliphatic carbocycles. The van der Waals surface area contributed by atoms with Crippen LogP contribution in [0.15, 0.2) is 43.0 Å². The molecular weight excluding hydrogens is 282 g/mol. The van der Waals surface area contributed by atoms with Crippen LogP contribution in [0.4, 0.5) is 10.7 Å². The van der Waals surface area contributed by atoms with E-state index in [2.05, 4.69) is 20.3 Å². The van der Waals surface area contributed by atoms with Crippen molar-refractivity contribution in [3.63, 3.8) is 0 Å². The van der Waals surface area contributed by atoms with E-state index in [1.807, 2.05) is 35.2 Å². The average molecular weight is 299 g/mol. The summed E-state index contributed by atoms with van der Waals surface area (Å²) < 4.78 is 5.22. The van der Waals surface area contributed by atoms with Crippen LogP contribution in [-0.2, 0) is 11.3 Å². The minimum absolute atomic E-state index is 0.0417. The Hall–Kier alpha value is -2.70. The first-order valence-corrected chi connectivity index (χ1v) is 7.15. The lowest BCUT2D eigenvalue weighted by Gasteiger charge is -2.16. The van der Waals surface area contributed by atoms with Crippen LogP contribution >= 0.6 is 0 Å². The van der Waals surface area contributed by atoms with Gasteiger partial charge in [0.05, 0.1) is 6.04 Å². The molecule has 3 rings (SSSR count). The molecule has 1 aliphatic heterocycles. The van der Waals surface area contributed by atoms with Gasteiger partial charge in [-0.2, -0.15) is 0 Å². The smallest absolute Gasteiger partial charge is 0.407 e. The summed E-state index contributed by atoms with van der Waals surface area (Å²) in [6.07, 6.45) is 3.38. The van der Waals surface area contributed by atoms with E-state index in [9.17, 15) is 4.79 Å². The van der Waals surface area contributed by atoms with E-state index < -0.39 is 6.09 Å². The average Bonchev–Trinajstić information content (AvgIpc) is 3.03. The minimum atomic E-state index is -0.397. The van der Waals surface area contributed by atoms with Gasteiger partial charge in [0.15, 0.2) is 0 Å². The van der Waals surface area contributed by atoms with Gasteiger partial charge in [0, 0.05) is 13.1 Å². The lowest BCUT2D eigenvalue weighted by molar-refractivity contribution is 0.136. The van der Waals surface area contributed by atoms with Crippen molar-refractivity contribution in [3.8, 4) is 0 Å². The summed E-state index contributed by atoms with van der Waals surface area (Å²) in [6, 6.07) is 9.65. The molecule has 1 atom stereocenters. The number of anilines is 1. The first-order chi connectivity index (χ1) is 10.8. The SMILES string of the molecule is O=C(N[C@H]1CCN(c2ncncn2)C1)OCc1ccccc1. The second kappa shape index (κ2) is 6.84. The second-order valence-electron chi connectivity index (χ2n) is 5.08. The molecule has 1 aromatic heterocycles. The zero-order valence-corrected chi connectivity index (χ0v) is 12.1. The number of carbonyl (C=O) groups excluding carboxylic acids is 1. The third-order valence-corrected chi connectivity index (χ3v) is 3.49. The van der Waals surface area contributed by atoms with E-state index in [-0.39, 0.29) is 12.6 Å². The molecule has 1 aromatic carbocycles. The number of amides is 1. The van der Waals surface area contributed by atoms with E-state index in [1.54, 1.807) is 0 Å². The Morgan fingerprint density at radius 2 is 2.05 bits per heavy atom. The molecule has 0 bridgehead atoms. The number of carbonyl (C=O) groups is 1. The van der Waals surface area contributed by atoms with E-state index >= 15 is 0 Å². The number of aromatic nitrogens is 3. The second-order valence-corrected chi connectivity index (χ2v) is 5.08. The number of nitrogens with zero attached hydrogens (tertiary/aromatic N) is 4. The monoisotopic (exact) mass is 299 g/mol. The molecule has 0 spiro atoms. The fourth-order valence-corrected chi connectivity index (χ4v) is 2.39. The molecule has 114 valence electrons. The lowest BCUT2D eigenvalue weighted by atomic mass is 10.2. The van der Waals surface area contributed by atoms with Crippen molar-refractivity contribution in [1.82, 2.24) is 20.3 Å². The van der Waals surface area contributed by atoms with Crippen LogP contribution in [0.1, 0.15) is 12.0 Å². The van der Waals surface area contributed by atoms with E-state index in [1.165, 1.54) is 12.7 Å². The van der Waals surface area contributed by atoms with E-state index in [4.69, 9.17) is 4.74 Å². The molecule has 7 nitrogen and oxygen atoms in total. The van der Waals surface area contributed by atoms with Gasteiger partial charge in [0.1, 0.15) is 19.3 Å². The number of benzene rings is 1. The van der Waals surface area contributed by atoms with Crippen molar-refractivity contribution in [1.29, 1.82) is 0 Å². The highest BCUT2D eigenvalue weighted by Crippen LogP contribution is 2.14. The number of hydrogen-bond donors (Lipinski definition) is 1. The summed E-state index contributed by atoms with van der Waals surface area (Å²) in [5, 5.41) is 2.87. The normalized spacial score (nSPS) is 17.3. The van der Waals surface area contributed by atoms with Gasteiger partial charge in [-0.15, -0.1) is 0 Å². The molecular formula is C15H17N5O2. The van der Waals surface area contributed by atoms with Crippen molar-refractivity contribution in [2.75, 3.05) is 18.0 Å². The van der Waals surface area contributed by atoms with Crippen LogP contribution < -0.4 is 10.2 Å². The summed E-state index contributed by atoms with van der Waals surface area (Å²) in [7, 11) is 0. The predicted octanol–water partition coefficient (Wildman–Crippen LogP) is 1.38. The first kappa shape index (κ1) is 14.2. The van der Waals surface area contributed by atoms with Gasteiger partial charge in [-0.05, 0) is 12.0 Å². The number of nitrogens with one attached hydrogen (secondary N) is 1. The molecule has 1 N–H and O–H groups in total. The standard InChI is InChI=1S/C15H17N5O2/c21-15(22-9-12-4-2-1-3-5-12)19-13-6-7-20(8-13)14-17-10-16-11-18-14/h1-5,10-11,13H,6-9H2,(H,19,21)/t13-/m0/s1. The maximum atomic E-state index is 11.8. The lowest BCUT2D eigenvalue weighted by Crippen LogP contribution is -2.37. The van der Waals surface area contributed by atoms with Gasteiger partial charge in [0.2, 0.25) is 5.95 Å². The number of hydrogen-bond acceptors (Lipinski definition) is 6. The van der Waals surface area contributed by atoms with E-state index in [0.29, 0.717) is 12.5 Å². The van der Waals surface area contributed by atoms with Crippen LogP contribution in [0, 0.1) is 0 Å². The maximum Gasteiger partial charge on any atom is 0.407 e.